The minimum Gasteiger partial charge on any atom is -0.358 e. The van der Waals surface area contributed by atoms with Crippen molar-refractivity contribution < 1.29 is 4.92 Å². The van der Waals surface area contributed by atoms with Gasteiger partial charge in [0.2, 0.25) is 0 Å². The lowest BCUT2D eigenvalue weighted by Gasteiger charge is -1.95. The van der Waals surface area contributed by atoms with Gasteiger partial charge in [0.15, 0.2) is 0 Å². The smallest absolute Gasteiger partial charge is 0.358 e. The Labute approximate surface area is 69.4 Å². The van der Waals surface area contributed by atoms with Gasteiger partial charge in [-0.25, -0.2) is 0 Å². The van der Waals surface area contributed by atoms with E-state index >= 15 is 0 Å². The molecule has 1 aromatic rings. The molecule has 1 aromatic heterocycles. The number of rotatable bonds is 1. The van der Waals surface area contributed by atoms with Crippen molar-refractivity contribution in [3.8, 4) is 12.3 Å². The third kappa shape index (κ3) is 1.40. The van der Waals surface area contributed by atoms with E-state index in [2.05, 4.69) is 10.9 Å². The van der Waals surface area contributed by atoms with Gasteiger partial charge in [-0.3, -0.25) is 0 Å². The fourth-order valence-corrected chi connectivity index (χ4v) is 0.814. The Morgan fingerprint density at radius 2 is 2.42 bits per heavy atom. The number of pyridine rings is 1. The van der Waals surface area contributed by atoms with Crippen molar-refractivity contribution in [3.05, 3.63) is 33.5 Å². The van der Waals surface area contributed by atoms with E-state index in [4.69, 9.17) is 6.42 Å². The first-order chi connectivity index (χ1) is 5.65. The standard InChI is InChI=1S/C8H6N2O2/c1-3-7-4-6(2)5-9-8(7)10(11)12/h1,4-5H,2H3. The summed E-state index contributed by atoms with van der Waals surface area (Å²) in [6.45, 7) is 1.78. The van der Waals surface area contributed by atoms with Crippen LogP contribution in [0.2, 0.25) is 0 Å². The Balaban J connectivity index is 3.32. The maximum Gasteiger partial charge on any atom is 0.379 e. The van der Waals surface area contributed by atoms with Crippen LogP contribution in [0.4, 0.5) is 5.82 Å². The van der Waals surface area contributed by atoms with Crippen LogP contribution in [0.3, 0.4) is 0 Å². The van der Waals surface area contributed by atoms with Crippen molar-refractivity contribution >= 4 is 5.82 Å². The molecule has 0 bridgehead atoms. The lowest BCUT2D eigenvalue weighted by molar-refractivity contribution is -0.389. The van der Waals surface area contributed by atoms with E-state index in [-0.39, 0.29) is 11.4 Å². The molecule has 0 radical (unpaired) electrons. The summed E-state index contributed by atoms with van der Waals surface area (Å²) in [6.07, 6.45) is 6.48. The van der Waals surface area contributed by atoms with Crippen LogP contribution >= 0.6 is 0 Å². The highest BCUT2D eigenvalue weighted by molar-refractivity contribution is 5.46. The molecule has 0 unspecified atom stereocenters. The third-order valence-electron chi connectivity index (χ3n) is 1.33. The van der Waals surface area contributed by atoms with Gasteiger partial charge in [0.05, 0.1) is 0 Å². The number of terminal acetylenes is 1. The van der Waals surface area contributed by atoms with Crippen molar-refractivity contribution in [2.45, 2.75) is 6.92 Å². The molecule has 12 heavy (non-hydrogen) atoms. The number of hydrogen-bond acceptors (Lipinski definition) is 3. The molecule has 0 aliphatic carbocycles. The fourth-order valence-electron chi connectivity index (χ4n) is 0.814. The molecule has 0 N–H and O–H groups in total. The lowest BCUT2D eigenvalue weighted by atomic mass is 10.2. The van der Waals surface area contributed by atoms with Gasteiger partial charge in [0.25, 0.3) is 0 Å². The van der Waals surface area contributed by atoms with Crippen LogP contribution in [0.5, 0.6) is 0 Å². The Kier molecular flexibility index (Phi) is 2.06. The minimum absolute atomic E-state index is 0.222. The summed E-state index contributed by atoms with van der Waals surface area (Å²) >= 11 is 0. The van der Waals surface area contributed by atoms with E-state index in [0.29, 0.717) is 0 Å². The van der Waals surface area contributed by atoms with E-state index in [1.54, 1.807) is 13.0 Å². The molecule has 4 nitrogen and oxygen atoms in total. The van der Waals surface area contributed by atoms with Crippen LogP contribution in [0, 0.1) is 29.4 Å². The van der Waals surface area contributed by atoms with E-state index in [1.807, 2.05) is 0 Å². The van der Waals surface area contributed by atoms with Gasteiger partial charge in [-0.05, 0) is 28.5 Å². The first kappa shape index (κ1) is 8.21. The number of nitrogens with zero attached hydrogens (tertiary/aromatic N) is 2. The maximum atomic E-state index is 10.3. The molecular weight excluding hydrogens is 156 g/mol. The van der Waals surface area contributed by atoms with E-state index in [0.717, 1.165) is 5.56 Å². The Hall–Kier alpha value is -1.89. The zero-order chi connectivity index (χ0) is 9.14. The van der Waals surface area contributed by atoms with Gasteiger partial charge >= 0.3 is 5.82 Å². The second-order valence-corrected chi connectivity index (χ2v) is 2.29. The Morgan fingerprint density at radius 3 is 2.92 bits per heavy atom. The molecule has 0 saturated heterocycles. The van der Waals surface area contributed by atoms with Crippen molar-refractivity contribution in [3.63, 3.8) is 0 Å². The molecule has 0 aliphatic heterocycles. The van der Waals surface area contributed by atoms with Crippen LogP contribution in [-0.4, -0.2) is 9.91 Å². The van der Waals surface area contributed by atoms with Gasteiger partial charge < -0.3 is 10.1 Å². The molecule has 0 saturated carbocycles. The van der Waals surface area contributed by atoms with E-state index in [1.165, 1.54) is 6.20 Å². The summed E-state index contributed by atoms with van der Waals surface area (Å²) in [4.78, 5) is 13.4. The molecule has 4 heteroatoms. The molecule has 0 spiro atoms. The average molecular weight is 162 g/mol. The van der Waals surface area contributed by atoms with Gasteiger partial charge in [-0.2, -0.15) is 0 Å². The van der Waals surface area contributed by atoms with Crippen molar-refractivity contribution in [2.75, 3.05) is 0 Å². The van der Waals surface area contributed by atoms with E-state index in [9.17, 15) is 10.1 Å². The SMILES string of the molecule is C#Cc1cc(C)cnc1[N+](=O)[O-]. The largest absolute Gasteiger partial charge is 0.379 e. The number of hydrogen-bond donors (Lipinski definition) is 0. The zero-order valence-electron chi connectivity index (χ0n) is 6.44. The molecule has 0 aliphatic rings. The first-order valence-corrected chi connectivity index (χ1v) is 3.23. The minimum atomic E-state index is -0.589. The number of aromatic nitrogens is 1. The summed E-state index contributed by atoms with van der Waals surface area (Å²) in [5.41, 5.74) is 1.04. The molecule has 0 amide bonds. The highest BCUT2D eigenvalue weighted by Crippen LogP contribution is 2.14. The summed E-state index contributed by atoms with van der Waals surface area (Å²) in [6, 6.07) is 1.56. The molecular formula is C8H6N2O2. The Bertz CT molecular complexity index is 366. The number of aryl methyl sites for hydroxylation is 1. The fraction of sp³-hybridized carbons (Fsp3) is 0.125. The Morgan fingerprint density at radius 1 is 1.75 bits per heavy atom. The summed E-state index contributed by atoms with van der Waals surface area (Å²) < 4.78 is 0. The summed E-state index contributed by atoms with van der Waals surface area (Å²) in [5, 5.41) is 10.3. The zero-order valence-corrected chi connectivity index (χ0v) is 6.44. The quantitative estimate of drug-likeness (QED) is 0.355. The molecule has 0 aromatic carbocycles. The van der Waals surface area contributed by atoms with E-state index < -0.39 is 4.92 Å². The predicted molar refractivity (Wildman–Crippen MR) is 43.6 cm³/mol. The van der Waals surface area contributed by atoms with Crippen molar-refractivity contribution in [1.29, 1.82) is 0 Å². The highest BCUT2D eigenvalue weighted by Gasteiger charge is 2.12. The van der Waals surface area contributed by atoms with Gasteiger partial charge in [0.1, 0.15) is 11.8 Å². The van der Waals surface area contributed by atoms with Gasteiger partial charge in [0, 0.05) is 0 Å². The number of nitro groups is 1. The molecule has 0 atom stereocenters. The van der Waals surface area contributed by atoms with Gasteiger partial charge in [-0.15, -0.1) is 6.42 Å². The third-order valence-corrected chi connectivity index (χ3v) is 1.33. The topological polar surface area (TPSA) is 56.0 Å². The van der Waals surface area contributed by atoms with Crippen molar-refractivity contribution in [1.82, 2.24) is 4.98 Å². The second-order valence-electron chi connectivity index (χ2n) is 2.29. The average Bonchev–Trinajstić information content (AvgIpc) is 2.03. The second kappa shape index (κ2) is 3.01. The van der Waals surface area contributed by atoms with Crippen LogP contribution < -0.4 is 0 Å². The van der Waals surface area contributed by atoms with Gasteiger partial charge in [-0.1, -0.05) is 5.92 Å². The van der Waals surface area contributed by atoms with Crippen molar-refractivity contribution in [2.24, 2.45) is 0 Å². The molecule has 0 fully saturated rings. The lowest BCUT2D eigenvalue weighted by Crippen LogP contribution is -1.95. The van der Waals surface area contributed by atoms with Crippen LogP contribution in [-0.2, 0) is 0 Å². The molecule has 60 valence electrons. The highest BCUT2D eigenvalue weighted by atomic mass is 16.6. The van der Waals surface area contributed by atoms with Crippen LogP contribution in [0.25, 0.3) is 0 Å². The summed E-state index contributed by atoms with van der Waals surface area (Å²) in [7, 11) is 0. The maximum absolute atomic E-state index is 10.3. The first-order valence-electron chi connectivity index (χ1n) is 3.23. The monoisotopic (exact) mass is 162 g/mol. The predicted octanol–water partition coefficient (Wildman–Crippen LogP) is 1.28. The normalized spacial score (nSPS) is 9.00. The summed E-state index contributed by atoms with van der Waals surface area (Å²) in [5.74, 6) is 1.95. The van der Waals surface area contributed by atoms with Crippen LogP contribution in [0.1, 0.15) is 11.1 Å². The van der Waals surface area contributed by atoms with Crippen LogP contribution in [0.15, 0.2) is 12.3 Å². The molecule has 1 rings (SSSR count). The molecule has 1 heterocycles.